The van der Waals surface area contributed by atoms with Crippen molar-refractivity contribution in [3.63, 3.8) is 0 Å². The number of carbonyl (C=O) groups is 1. The topological polar surface area (TPSA) is 89.5 Å². The van der Waals surface area contributed by atoms with Gasteiger partial charge in [0.15, 0.2) is 0 Å². The number of rotatable bonds is 4. The summed E-state index contributed by atoms with van der Waals surface area (Å²) >= 11 is 0.994. The van der Waals surface area contributed by atoms with Crippen LogP contribution in [0, 0.1) is 16.0 Å². The van der Waals surface area contributed by atoms with Crippen LogP contribution in [-0.4, -0.2) is 35.4 Å². The molecule has 20 heavy (non-hydrogen) atoms. The molecule has 0 spiro atoms. The molecular weight excluding hydrogens is 302 g/mol. The van der Waals surface area contributed by atoms with E-state index in [2.05, 4.69) is 0 Å². The summed E-state index contributed by atoms with van der Waals surface area (Å²) in [6, 6.07) is 1.36. The second kappa shape index (κ2) is 7.56. The first-order chi connectivity index (χ1) is 9.11. The van der Waals surface area contributed by atoms with Crippen LogP contribution in [0.25, 0.3) is 0 Å². The highest BCUT2D eigenvalue weighted by Crippen LogP contribution is 2.26. The van der Waals surface area contributed by atoms with Gasteiger partial charge in [-0.1, -0.05) is 11.3 Å². The second-order valence-corrected chi connectivity index (χ2v) is 5.66. The highest BCUT2D eigenvalue weighted by molar-refractivity contribution is 7.13. The molecule has 1 aliphatic heterocycles. The van der Waals surface area contributed by atoms with Crippen molar-refractivity contribution < 1.29 is 9.72 Å². The van der Waals surface area contributed by atoms with Gasteiger partial charge in [-0.05, 0) is 31.7 Å². The summed E-state index contributed by atoms with van der Waals surface area (Å²) in [5.41, 5.74) is 5.97. The molecule has 1 aromatic rings. The van der Waals surface area contributed by atoms with Crippen LogP contribution < -0.4 is 5.73 Å². The van der Waals surface area contributed by atoms with Crippen molar-refractivity contribution in [3.05, 3.63) is 27.1 Å². The van der Waals surface area contributed by atoms with Crippen LogP contribution in [0.2, 0.25) is 0 Å². The standard InChI is InChI=1S/C12H17N3O3S.ClH/c13-4-3-9-2-1-5-14(7-9)12(16)10-6-11(15(17)18)19-8-10;/h6,8-9H,1-5,7,13H2;1H. The highest BCUT2D eigenvalue weighted by Gasteiger charge is 2.25. The Hall–Kier alpha value is -1.18. The number of hydrogen-bond acceptors (Lipinski definition) is 5. The molecule has 8 heteroatoms. The minimum absolute atomic E-state index is 0. The van der Waals surface area contributed by atoms with Crippen LogP contribution >= 0.6 is 23.7 Å². The largest absolute Gasteiger partial charge is 0.338 e. The van der Waals surface area contributed by atoms with Crippen molar-refractivity contribution in [1.29, 1.82) is 0 Å². The number of thiophene rings is 1. The van der Waals surface area contributed by atoms with Gasteiger partial charge >= 0.3 is 5.00 Å². The smallest absolute Gasteiger partial charge is 0.324 e. The molecule has 1 saturated heterocycles. The van der Waals surface area contributed by atoms with E-state index in [-0.39, 0.29) is 23.3 Å². The van der Waals surface area contributed by atoms with Crippen LogP contribution in [0.5, 0.6) is 0 Å². The molecule has 1 atom stereocenters. The van der Waals surface area contributed by atoms with Crippen molar-refractivity contribution in [2.75, 3.05) is 19.6 Å². The van der Waals surface area contributed by atoms with Gasteiger partial charge in [0.2, 0.25) is 0 Å². The Labute approximate surface area is 127 Å². The van der Waals surface area contributed by atoms with Crippen LogP contribution in [0.15, 0.2) is 11.4 Å². The minimum Gasteiger partial charge on any atom is -0.338 e. The summed E-state index contributed by atoms with van der Waals surface area (Å²) in [4.78, 5) is 24.2. The zero-order valence-electron chi connectivity index (χ0n) is 11.0. The first kappa shape index (κ1) is 16.9. The molecule has 1 fully saturated rings. The lowest BCUT2D eigenvalue weighted by Crippen LogP contribution is -2.40. The molecule has 6 nitrogen and oxygen atoms in total. The maximum absolute atomic E-state index is 12.3. The normalized spacial score (nSPS) is 18.4. The van der Waals surface area contributed by atoms with E-state index in [0.717, 1.165) is 37.1 Å². The lowest BCUT2D eigenvalue weighted by atomic mass is 9.94. The highest BCUT2D eigenvalue weighted by atomic mass is 35.5. The van der Waals surface area contributed by atoms with Crippen molar-refractivity contribution in [3.8, 4) is 0 Å². The summed E-state index contributed by atoms with van der Waals surface area (Å²) < 4.78 is 0. The number of carbonyl (C=O) groups excluding carboxylic acids is 1. The summed E-state index contributed by atoms with van der Waals surface area (Å²) in [5.74, 6) is 0.349. The molecule has 2 rings (SSSR count). The van der Waals surface area contributed by atoms with E-state index in [1.54, 1.807) is 10.3 Å². The SMILES string of the molecule is Cl.NCCC1CCCN(C(=O)c2csc([N+](=O)[O-])c2)C1. The molecule has 0 radical (unpaired) electrons. The molecule has 1 amide bonds. The minimum atomic E-state index is -0.463. The van der Waals surface area contributed by atoms with Gasteiger partial charge in [0.05, 0.1) is 10.5 Å². The van der Waals surface area contributed by atoms with Gasteiger partial charge in [-0.15, -0.1) is 12.4 Å². The molecule has 1 aromatic heterocycles. The molecular formula is C12H18ClN3O3S. The molecule has 112 valence electrons. The number of likely N-dealkylation sites (tertiary alicyclic amines) is 1. The maximum atomic E-state index is 12.3. The molecule has 0 bridgehead atoms. The van der Waals surface area contributed by atoms with Crippen LogP contribution in [-0.2, 0) is 0 Å². The average Bonchev–Trinajstić information content (AvgIpc) is 2.88. The fourth-order valence-corrected chi connectivity index (χ4v) is 3.13. The van der Waals surface area contributed by atoms with E-state index in [4.69, 9.17) is 5.73 Å². The Kier molecular flexibility index (Phi) is 6.38. The van der Waals surface area contributed by atoms with Gasteiger partial charge in [-0.2, -0.15) is 0 Å². The van der Waals surface area contributed by atoms with Gasteiger partial charge < -0.3 is 10.6 Å². The van der Waals surface area contributed by atoms with Crippen molar-refractivity contribution in [2.45, 2.75) is 19.3 Å². The van der Waals surface area contributed by atoms with E-state index in [0.29, 0.717) is 24.6 Å². The van der Waals surface area contributed by atoms with Crippen LogP contribution in [0.3, 0.4) is 0 Å². The number of nitrogens with two attached hydrogens (primary N) is 1. The number of amides is 1. The monoisotopic (exact) mass is 319 g/mol. The van der Waals surface area contributed by atoms with E-state index >= 15 is 0 Å². The predicted molar refractivity (Wildman–Crippen MR) is 80.5 cm³/mol. The first-order valence-electron chi connectivity index (χ1n) is 6.34. The molecule has 0 aromatic carbocycles. The summed E-state index contributed by atoms with van der Waals surface area (Å²) in [7, 11) is 0. The lowest BCUT2D eigenvalue weighted by Gasteiger charge is -2.32. The fourth-order valence-electron chi connectivity index (χ4n) is 2.44. The molecule has 2 N–H and O–H groups in total. The Morgan fingerprint density at radius 1 is 1.60 bits per heavy atom. The van der Waals surface area contributed by atoms with E-state index in [1.165, 1.54) is 6.07 Å². The second-order valence-electron chi connectivity index (χ2n) is 4.77. The van der Waals surface area contributed by atoms with Gasteiger partial charge in [-0.3, -0.25) is 14.9 Å². The van der Waals surface area contributed by atoms with Gasteiger partial charge in [-0.25, -0.2) is 0 Å². The number of hydrogen-bond donors (Lipinski definition) is 1. The zero-order chi connectivity index (χ0) is 13.8. The van der Waals surface area contributed by atoms with Gasteiger partial charge in [0, 0.05) is 24.5 Å². The fraction of sp³-hybridized carbons (Fsp3) is 0.583. The zero-order valence-corrected chi connectivity index (χ0v) is 12.6. The third-order valence-electron chi connectivity index (χ3n) is 3.39. The summed E-state index contributed by atoms with van der Waals surface area (Å²) in [5, 5.41) is 12.2. The molecule has 0 saturated carbocycles. The summed E-state index contributed by atoms with van der Waals surface area (Å²) in [6.07, 6.45) is 3.00. The van der Waals surface area contributed by atoms with Crippen molar-refractivity contribution in [2.24, 2.45) is 11.7 Å². The number of nitrogens with zero attached hydrogens (tertiary/aromatic N) is 2. The Morgan fingerprint density at radius 3 is 2.95 bits per heavy atom. The molecule has 0 aliphatic carbocycles. The van der Waals surface area contributed by atoms with Gasteiger partial charge in [0.25, 0.3) is 5.91 Å². The van der Waals surface area contributed by atoms with Crippen LogP contribution in [0.1, 0.15) is 29.6 Å². The average molecular weight is 320 g/mol. The Bertz CT molecular complexity index is 478. The van der Waals surface area contributed by atoms with E-state index in [1.807, 2.05) is 0 Å². The summed E-state index contributed by atoms with van der Waals surface area (Å²) in [6.45, 7) is 2.07. The molecule has 1 unspecified atom stereocenters. The number of piperidine rings is 1. The maximum Gasteiger partial charge on any atom is 0.324 e. The third-order valence-corrected chi connectivity index (χ3v) is 4.27. The lowest BCUT2D eigenvalue weighted by molar-refractivity contribution is -0.380. The molecule has 1 aliphatic rings. The van der Waals surface area contributed by atoms with Gasteiger partial charge in [0.1, 0.15) is 0 Å². The number of nitro groups is 1. The van der Waals surface area contributed by atoms with E-state index in [9.17, 15) is 14.9 Å². The Morgan fingerprint density at radius 2 is 2.35 bits per heavy atom. The first-order valence-corrected chi connectivity index (χ1v) is 7.22. The molecule has 2 heterocycles. The number of halogens is 1. The third kappa shape index (κ3) is 3.91. The van der Waals surface area contributed by atoms with Crippen molar-refractivity contribution in [1.82, 2.24) is 4.90 Å². The van der Waals surface area contributed by atoms with Crippen LogP contribution in [0.4, 0.5) is 5.00 Å². The predicted octanol–water partition coefficient (Wildman–Crippen LogP) is 2.28. The Balaban J connectivity index is 0.00000200. The quantitative estimate of drug-likeness (QED) is 0.681. The van der Waals surface area contributed by atoms with Crippen molar-refractivity contribution >= 4 is 34.7 Å². The van der Waals surface area contributed by atoms with E-state index < -0.39 is 4.92 Å².